The van der Waals surface area contributed by atoms with Crippen LogP contribution in [-0.2, 0) is 0 Å². The van der Waals surface area contributed by atoms with Crippen molar-refractivity contribution >= 4 is 37.8 Å². The zero-order valence-electron chi connectivity index (χ0n) is 6.07. The van der Waals surface area contributed by atoms with Gasteiger partial charge >= 0.3 is 0 Å². The molecule has 1 aromatic carbocycles. The summed E-state index contributed by atoms with van der Waals surface area (Å²) in [7, 11) is 0. The molecular formula is C7H3Br2F2NO. The van der Waals surface area contributed by atoms with Gasteiger partial charge in [0.25, 0.3) is 5.91 Å². The van der Waals surface area contributed by atoms with Crippen LogP contribution in [0.4, 0.5) is 8.78 Å². The average molecular weight is 315 g/mol. The Morgan fingerprint density at radius 2 is 1.92 bits per heavy atom. The van der Waals surface area contributed by atoms with Crippen molar-refractivity contribution in [2.75, 3.05) is 0 Å². The highest BCUT2D eigenvalue weighted by Crippen LogP contribution is 2.29. The van der Waals surface area contributed by atoms with E-state index in [1.165, 1.54) is 0 Å². The third kappa shape index (κ3) is 1.88. The molecular weight excluding hydrogens is 312 g/mol. The third-order valence-electron chi connectivity index (χ3n) is 1.36. The van der Waals surface area contributed by atoms with E-state index in [0.29, 0.717) is 0 Å². The number of rotatable bonds is 1. The number of halogens is 4. The van der Waals surface area contributed by atoms with Gasteiger partial charge in [0, 0.05) is 4.47 Å². The van der Waals surface area contributed by atoms with Crippen LogP contribution >= 0.6 is 31.9 Å². The summed E-state index contributed by atoms with van der Waals surface area (Å²) in [5.74, 6) is -3.02. The Kier molecular flexibility index (Phi) is 3.02. The van der Waals surface area contributed by atoms with Gasteiger partial charge in [0.05, 0.1) is 10.0 Å². The minimum atomic E-state index is -1.13. The highest BCUT2D eigenvalue weighted by Gasteiger charge is 2.18. The fourth-order valence-electron chi connectivity index (χ4n) is 0.792. The number of carbonyl (C=O) groups excluding carboxylic acids is 1. The zero-order valence-corrected chi connectivity index (χ0v) is 9.25. The van der Waals surface area contributed by atoms with Gasteiger partial charge in [-0.1, -0.05) is 0 Å². The second kappa shape index (κ2) is 3.71. The van der Waals surface area contributed by atoms with Crippen molar-refractivity contribution in [1.29, 1.82) is 0 Å². The molecule has 2 N–H and O–H groups in total. The lowest BCUT2D eigenvalue weighted by molar-refractivity contribution is 0.0998. The largest absolute Gasteiger partial charge is 0.366 e. The molecule has 2 nitrogen and oxygen atoms in total. The summed E-state index contributed by atoms with van der Waals surface area (Å²) >= 11 is 5.63. The van der Waals surface area contributed by atoms with Crippen molar-refractivity contribution in [2.24, 2.45) is 5.73 Å². The van der Waals surface area contributed by atoms with E-state index in [1.54, 1.807) is 0 Å². The second-order valence-electron chi connectivity index (χ2n) is 2.21. The summed E-state index contributed by atoms with van der Waals surface area (Å²) in [6.45, 7) is 0. The normalized spacial score (nSPS) is 10.2. The number of nitrogens with two attached hydrogens (primary N) is 1. The zero-order chi connectivity index (χ0) is 10.2. The second-order valence-corrected chi connectivity index (χ2v) is 3.85. The maximum atomic E-state index is 12.9. The van der Waals surface area contributed by atoms with Crippen LogP contribution in [0.25, 0.3) is 0 Å². The summed E-state index contributed by atoms with van der Waals surface area (Å²) in [6, 6.07) is 0.847. The van der Waals surface area contributed by atoms with Crippen LogP contribution in [-0.4, -0.2) is 5.91 Å². The topological polar surface area (TPSA) is 43.1 Å². The molecule has 0 atom stereocenters. The van der Waals surface area contributed by atoms with Crippen LogP contribution in [0.1, 0.15) is 10.4 Å². The highest BCUT2D eigenvalue weighted by molar-refractivity contribution is 9.11. The average Bonchev–Trinajstić information content (AvgIpc) is 1.99. The molecule has 0 unspecified atom stereocenters. The van der Waals surface area contributed by atoms with E-state index in [0.717, 1.165) is 6.07 Å². The van der Waals surface area contributed by atoms with Gasteiger partial charge in [-0.15, -0.1) is 0 Å². The van der Waals surface area contributed by atoms with E-state index < -0.39 is 17.5 Å². The molecule has 1 rings (SSSR count). The monoisotopic (exact) mass is 313 g/mol. The van der Waals surface area contributed by atoms with Gasteiger partial charge in [-0.05, 0) is 37.9 Å². The standard InChI is InChI=1S/C7H3Br2F2NO/c8-2-1-3(10)6(11)5(9)4(2)7(12)13/h1H,(H2,12,13). The van der Waals surface area contributed by atoms with Gasteiger partial charge in [0.2, 0.25) is 0 Å². The first-order chi connectivity index (χ1) is 5.95. The molecule has 0 heterocycles. The van der Waals surface area contributed by atoms with E-state index in [1.807, 2.05) is 0 Å². The highest BCUT2D eigenvalue weighted by atomic mass is 79.9. The minimum absolute atomic E-state index is 0.112. The van der Waals surface area contributed by atoms with Crippen molar-refractivity contribution in [1.82, 2.24) is 0 Å². The predicted molar refractivity (Wildman–Crippen MR) is 50.3 cm³/mol. The van der Waals surface area contributed by atoms with Crippen LogP contribution in [0, 0.1) is 11.6 Å². The van der Waals surface area contributed by atoms with Gasteiger partial charge in [-0.2, -0.15) is 0 Å². The van der Waals surface area contributed by atoms with E-state index in [9.17, 15) is 13.6 Å². The van der Waals surface area contributed by atoms with Gasteiger partial charge < -0.3 is 5.73 Å². The molecule has 0 radical (unpaired) electrons. The Bertz CT molecular complexity index is 381. The van der Waals surface area contributed by atoms with Crippen LogP contribution in [0.15, 0.2) is 15.0 Å². The molecule has 0 spiro atoms. The van der Waals surface area contributed by atoms with Crippen molar-refractivity contribution < 1.29 is 13.6 Å². The smallest absolute Gasteiger partial charge is 0.251 e. The summed E-state index contributed by atoms with van der Waals surface area (Å²) in [4.78, 5) is 10.8. The van der Waals surface area contributed by atoms with Gasteiger partial charge in [-0.25, -0.2) is 8.78 Å². The number of hydrogen-bond acceptors (Lipinski definition) is 1. The molecule has 0 saturated heterocycles. The fourth-order valence-corrected chi connectivity index (χ4v) is 2.25. The molecule has 1 aromatic rings. The molecule has 0 bridgehead atoms. The predicted octanol–water partition coefficient (Wildman–Crippen LogP) is 2.59. The number of benzene rings is 1. The lowest BCUT2D eigenvalue weighted by atomic mass is 10.2. The molecule has 13 heavy (non-hydrogen) atoms. The van der Waals surface area contributed by atoms with E-state index in [-0.39, 0.29) is 14.5 Å². The van der Waals surface area contributed by atoms with E-state index in [2.05, 4.69) is 31.9 Å². The maximum absolute atomic E-state index is 12.9. The third-order valence-corrected chi connectivity index (χ3v) is 2.73. The maximum Gasteiger partial charge on any atom is 0.251 e. The van der Waals surface area contributed by atoms with Gasteiger partial charge in [-0.3, -0.25) is 4.79 Å². The number of amides is 1. The molecule has 70 valence electrons. The van der Waals surface area contributed by atoms with Gasteiger partial charge in [0.1, 0.15) is 0 Å². The number of hydrogen-bond donors (Lipinski definition) is 1. The van der Waals surface area contributed by atoms with Crippen molar-refractivity contribution in [2.45, 2.75) is 0 Å². The van der Waals surface area contributed by atoms with Crippen molar-refractivity contribution in [3.05, 3.63) is 32.2 Å². The van der Waals surface area contributed by atoms with Gasteiger partial charge in [0.15, 0.2) is 11.6 Å². The fraction of sp³-hybridized carbons (Fsp3) is 0. The lowest BCUT2D eigenvalue weighted by Crippen LogP contribution is -2.13. The summed E-state index contributed by atoms with van der Waals surface area (Å²) < 4.78 is 25.4. The molecule has 0 aliphatic rings. The minimum Gasteiger partial charge on any atom is -0.366 e. The van der Waals surface area contributed by atoms with Crippen LogP contribution in [0.5, 0.6) is 0 Å². The summed E-state index contributed by atoms with van der Waals surface area (Å²) in [5, 5.41) is 0. The van der Waals surface area contributed by atoms with Crippen LogP contribution in [0.2, 0.25) is 0 Å². The van der Waals surface area contributed by atoms with E-state index in [4.69, 9.17) is 5.73 Å². The lowest BCUT2D eigenvalue weighted by Gasteiger charge is -2.04. The first-order valence-electron chi connectivity index (χ1n) is 3.08. The molecule has 0 aliphatic carbocycles. The number of carbonyl (C=O) groups is 1. The van der Waals surface area contributed by atoms with Crippen LogP contribution in [0.3, 0.4) is 0 Å². The van der Waals surface area contributed by atoms with Crippen LogP contribution < -0.4 is 5.73 Å². The SMILES string of the molecule is NC(=O)c1c(Br)cc(F)c(F)c1Br. The van der Waals surface area contributed by atoms with E-state index >= 15 is 0 Å². The molecule has 1 amide bonds. The summed E-state index contributed by atoms with van der Waals surface area (Å²) in [5.41, 5.74) is 4.83. The first-order valence-corrected chi connectivity index (χ1v) is 4.66. The molecule has 6 heteroatoms. The molecule has 0 fully saturated rings. The molecule has 0 saturated carbocycles. The Balaban J connectivity index is 3.53. The Hall–Kier alpha value is -0.490. The van der Waals surface area contributed by atoms with Crippen molar-refractivity contribution in [3.8, 4) is 0 Å². The molecule has 0 aromatic heterocycles. The molecule has 0 aliphatic heterocycles. The quantitative estimate of drug-likeness (QED) is 0.628. The number of primary amides is 1. The van der Waals surface area contributed by atoms with Crippen molar-refractivity contribution in [3.63, 3.8) is 0 Å². The summed E-state index contributed by atoms with van der Waals surface area (Å²) in [6.07, 6.45) is 0. The Morgan fingerprint density at radius 3 is 2.38 bits per heavy atom. The first kappa shape index (κ1) is 10.6. The Labute approximate surface area is 89.4 Å². The Morgan fingerprint density at radius 1 is 1.38 bits per heavy atom.